The van der Waals surface area contributed by atoms with Gasteiger partial charge in [-0.15, -0.1) is 0 Å². The molecule has 100 valence electrons. The predicted molar refractivity (Wildman–Crippen MR) is 72.3 cm³/mol. The number of nitrogens with zero attached hydrogens (tertiary/aromatic N) is 2. The molecule has 0 fully saturated rings. The number of fused-ring (bicyclic) bond motifs is 1. The zero-order valence-corrected chi connectivity index (χ0v) is 11.1. The fraction of sp³-hybridized carbons (Fsp3) is 0.357. The van der Waals surface area contributed by atoms with Gasteiger partial charge in [0, 0.05) is 24.7 Å². The molecule has 5 heteroatoms. The van der Waals surface area contributed by atoms with Crippen molar-refractivity contribution < 1.29 is 9.47 Å². The van der Waals surface area contributed by atoms with Gasteiger partial charge in [-0.3, -0.25) is 0 Å². The van der Waals surface area contributed by atoms with Crippen molar-refractivity contribution in [2.45, 2.75) is 13.3 Å². The second kappa shape index (κ2) is 4.59. The first-order valence-electron chi connectivity index (χ1n) is 6.33. The predicted octanol–water partition coefficient (Wildman–Crippen LogP) is 1.63. The second-order valence-electron chi connectivity index (χ2n) is 4.62. The van der Waals surface area contributed by atoms with Gasteiger partial charge in [-0.25, -0.2) is 4.98 Å². The van der Waals surface area contributed by atoms with Crippen LogP contribution in [-0.2, 0) is 13.5 Å². The molecule has 0 radical (unpaired) electrons. The molecule has 5 nitrogen and oxygen atoms in total. The van der Waals surface area contributed by atoms with Crippen LogP contribution in [0.3, 0.4) is 0 Å². The van der Waals surface area contributed by atoms with Gasteiger partial charge in [0.05, 0.1) is 5.69 Å². The molecule has 19 heavy (non-hydrogen) atoms. The minimum atomic E-state index is 0.287. The Balaban J connectivity index is 2.09. The number of rotatable bonds is 3. The molecule has 0 aliphatic carbocycles. The lowest BCUT2D eigenvalue weighted by molar-refractivity contribution is 0.174. The lowest BCUT2D eigenvalue weighted by Gasteiger charge is -2.06. The maximum Gasteiger partial charge on any atom is 0.231 e. The van der Waals surface area contributed by atoms with Gasteiger partial charge in [0.2, 0.25) is 6.79 Å². The highest BCUT2D eigenvalue weighted by Gasteiger charge is 2.18. The molecule has 0 atom stereocenters. The number of hydrogen-bond donors (Lipinski definition) is 1. The standard InChI is InChI=1S/C14H17N3O2/c1-9-16-14(11(5-6-15)17(9)2)10-3-4-12-13(7-10)19-8-18-12/h3-4,7H,5-6,8,15H2,1-2H3. The van der Waals surface area contributed by atoms with Crippen molar-refractivity contribution in [3.8, 4) is 22.8 Å². The summed E-state index contributed by atoms with van der Waals surface area (Å²) < 4.78 is 12.8. The molecule has 1 aliphatic rings. The number of aromatic nitrogens is 2. The molecular weight excluding hydrogens is 242 g/mol. The first-order chi connectivity index (χ1) is 9.20. The average molecular weight is 259 g/mol. The van der Waals surface area contributed by atoms with E-state index < -0.39 is 0 Å². The Morgan fingerprint density at radius 2 is 2.11 bits per heavy atom. The molecule has 0 saturated heterocycles. The topological polar surface area (TPSA) is 62.3 Å². The molecule has 1 aromatic carbocycles. The summed E-state index contributed by atoms with van der Waals surface area (Å²) in [5, 5.41) is 0. The van der Waals surface area contributed by atoms with Crippen molar-refractivity contribution >= 4 is 0 Å². The maximum absolute atomic E-state index is 5.69. The number of imidazole rings is 1. The van der Waals surface area contributed by atoms with Gasteiger partial charge in [-0.05, 0) is 31.7 Å². The van der Waals surface area contributed by atoms with Crippen molar-refractivity contribution in [2.75, 3.05) is 13.3 Å². The summed E-state index contributed by atoms with van der Waals surface area (Å²) >= 11 is 0. The van der Waals surface area contributed by atoms with Crippen molar-refractivity contribution in [3.05, 3.63) is 29.7 Å². The van der Waals surface area contributed by atoms with Gasteiger partial charge in [0.15, 0.2) is 11.5 Å². The van der Waals surface area contributed by atoms with E-state index in [2.05, 4.69) is 9.55 Å². The van der Waals surface area contributed by atoms with Crippen molar-refractivity contribution in [2.24, 2.45) is 12.8 Å². The van der Waals surface area contributed by atoms with Crippen LogP contribution in [0.25, 0.3) is 11.3 Å². The second-order valence-corrected chi connectivity index (χ2v) is 4.62. The number of benzene rings is 1. The van der Waals surface area contributed by atoms with Gasteiger partial charge in [-0.1, -0.05) is 0 Å². The van der Waals surface area contributed by atoms with E-state index in [4.69, 9.17) is 15.2 Å². The van der Waals surface area contributed by atoms with Crippen LogP contribution in [0.15, 0.2) is 18.2 Å². The minimum absolute atomic E-state index is 0.287. The van der Waals surface area contributed by atoms with E-state index in [1.54, 1.807) is 0 Å². The van der Waals surface area contributed by atoms with Crippen LogP contribution in [0.1, 0.15) is 11.5 Å². The third-order valence-electron chi connectivity index (χ3n) is 3.46. The van der Waals surface area contributed by atoms with Crippen LogP contribution < -0.4 is 15.2 Å². The van der Waals surface area contributed by atoms with Crippen LogP contribution in [-0.4, -0.2) is 22.9 Å². The number of ether oxygens (including phenoxy) is 2. The lowest BCUT2D eigenvalue weighted by Crippen LogP contribution is -2.08. The van der Waals surface area contributed by atoms with E-state index in [-0.39, 0.29) is 6.79 Å². The van der Waals surface area contributed by atoms with Crippen LogP contribution in [0, 0.1) is 6.92 Å². The summed E-state index contributed by atoms with van der Waals surface area (Å²) in [5.41, 5.74) is 8.86. The first kappa shape index (κ1) is 12.0. The summed E-state index contributed by atoms with van der Waals surface area (Å²) in [6, 6.07) is 5.91. The number of hydrogen-bond acceptors (Lipinski definition) is 4. The van der Waals surface area contributed by atoms with Gasteiger partial charge in [0.25, 0.3) is 0 Å². The molecule has 0 bridgehead atoms. The molecule has 1 aromatic heterocycles. The highest BCUT2D eigenvalue weighted by Crippen LogP contribution is 2.36. The Kier molecular flexibility index (Phi) is 2.91. The Bertz CT molecular complexity index is 619. The number of aryl methyl sites for hydroxylation is 1. The highest BCUT2D eigenvalue weighted by molar-refractivity contribution is 5.67. The molecule has 3 rings (SSSR count). The minimum Gasteiger partial charge on any atom is -0.454 e. The average Bonchev–Trinajstić information content (AvgIpc) is 2.98. The molecular formula is C14H17N3O2. The Labute approximate surface area is 112 Å². The van der Waals surface area contributed by atoms with Crippen LogP contribution in [0.2, 0.25) is 0 Å². The largest absolute Gasteiger partial charge is 0.454 e. The normalized spacial score (nSPS) is 13.0. The zero-order valence-electron chi connectivity index (χ0n) is 11.1. The van der Waals surface area contributed by atoms with E-state index in [9.17, 15) is 0 Å². The molecule has 0 amide bonds. The maximum atomic E-state index is 5.69. The van der Waals surface area contributed by atoms with Gasteiger partial charge >= 0.3 is 0 Å². The quantitative estimate of drug-likeness (QED) is 0.910. The van der Waals surface area contributed by atoms with Gasteiger partial charge < -0.3 is 19.8 Å². The summed E-state index contributed by atoms with van der Waals surface area (Å²) in [5.74, 6) is 2.55. The molecule has 0 spiro atoms. The molecule has 2 aromatic rings. The van der Waals surface area contributed by atoms with Crippen LogP contribution >= 0.6 is 0 Å². The number of nitrogens with two attached hydrogens (primary N) is 1. The zero-order chi connectivity index (χ0) is 13.4. The van der Waals surface area contributed by atoms with Crippen molar-refractivity contribution in [1.82, 2.24) is 9.55 Å². The smallest absolute Gasteiger partial charge is 0.231 e. The summed E-state index contributed by atoms with van der Waals surface area (Å²) in [7, 11) is 2.02. The third kappa shape index (κ3) is 1.96. The van der Waals surface area contributed by atoms with E-state index >= 15 is 0 Å². The molecule has 1 aliphatic heterocycles. The van der Waals surface area contributed by atoms with Crippen molar-refractivity contribution in [1.29, 1.82) is 0 Å². The van der Waals surface area contributed by atoms with E-state index in [1.807, 2.05) is 32.2 Å². The Morgan fingerprint density at radius 3 is 2.89 bits per heavy atom. The van der Waals surface area contributed by atoms with E-state index in [0.29, 0.717) is 6.54 Å². The molecule has 0 saturated carbocycles. The van der Waals surface area contributed by atoms with E-state index in [0.717, 1.165) is 40.7 Å². The Morgan fingerprint density at radius 1 is 1.32 bits per heavy atom. The molecule has 2 heterocycles. The van der Waals surface area contributed by atoms with Crippen LogP contribution in [0.4, 0.5) is 0 Å². The Hall–Kier alpha value is -2.01. The lowest BCUT2D eigenvalue weighted by atomic mass is 10.1. The third-order valence-corrected chi connectivity index (χ3v) is 3.46. The van der Waals surface area contributed by atoms with Crippen LogP contribution in [0.5, 0.6) is 11.5 Å². The van der Waals surface area contributed by atoms with Crippen molar-refractivity contribution in [3.63, 3.8) is 0 Å². The highest BCUT2D eigenvalue weighted by atomic mass is 16.7. The van der Waals surface area contributed by atoms with Gasteiger partial charge in [-0.2, -0.15) is 0 Å². The SMILES string of the molecule is Cc1nc(-c2ccc3c(c2)OCO3)c(CCN)n1C. The summed E-state index contributed by atoms with van der Waals surface area (Å²) in [6.07, 6.45) is 0.807. The fourth-order valence-electron chi connectivity index (χ4n) is 2.35. The van der Waals surface area contributed by atoms with E-state index in [1.165, 1.54) is 0 Å². The molecule has 2 N–H and O–H groups in total. The first-order valence-corrected chi connectivity index (χ1v) is 6.33. The fourth-order valence-corrected chi connectivity index (χ4v) is 2.35. The summed E-state index contributed by atoms with van der Waals surface area (Å²) in [4.78, 5) is 4.64. The van der Waals surface area contributed by atoms with Gasteiger partial charge in [0.1, 0.15) is 5.82 Å². The molecule has 0 unspecified atom stereocenters. The monoisotopic (exact) mass is 259 g/mol. The summed E-state index contributed by atoms with van der Waals surface area (Å²) in [6.45, 7) is 2.89.